The molecule has 0 aromatic heterocycles. The van der Waals surface area contributed by atoms with Crippen molar-refractivity contribution in [3.05, 3.63) is 48.2 Å². The highest BCUT2D eigenvalue weighted by Crippen LogP contribution is 2.27. The van der Waals surface area contributed by atoms with E-state index in [4.69, 9.17) is 5.11 Å². The Kier molecular flexibility index (Phi) is 4.54. The summed E-state index contributed by atoms with van der Waals surface area (Å²) >= 11 is 0. The molecular weight excluding hydrogens is 258 g/mol. The molecule has 1 aliphatic heterocycles. The van der Waals surface area contributed by atoms with Crippen molar-refractivity contribution >= 4 is 5.78 Å². The second-order valence-corrected chi connectivity index (χ2v) is 5.09. The second-order valence-electron chi connectivity index (χ2n) is 5.09. The van der Waals surface area contributed by atoms with Gasteiger partial charge >= 0.3 is 0 Å². The molecule has 0 radical (unpaired) electrons. The van der Waals surface area contributed by atoms with Crippen molar-refractivity contribution in [2.75, 3.05) is 13.2 Å². The molecule has 0 fully saturated rings. The third kappa shape index (κ3) is 3.45. The van der Waals surface area contributed by atoms with E-state index in [1.165, 1.54) is 17.2 Å². The minimum atomic E-state index is -1.37. The number of nitrogens with zero attached hydrogens (tertiary/aromatic N) is 1. The molecule has 2 rings (SSSR count). The van der Waals surface area contributed by atoms with Crippen LogP contribution in [0.25, 0.3) is 0 Å². The Labute approximate surface area is 117 Å². The van der Waals surface area contributed by atoms with Gasteiger partial charge in [-0.2, -0.15) is 0 Å². The Hall–Kier alpha value is -1.69. The van der Waals surface area contributed by atoms with Gasteiger partial charge in [-0.1, -0.05) is 30.3 Å². The van der Waals surface area contributed by atoms with Gasteiger partial charge in [-0.15, -0.1) is 0 Å². The SMILES string of the molecule is O=C1C=CN(CC(O)CO)C(O)(Cc2ccccc2)C1. The van der Waals surface area contributed by atoms with Crippen LogP contribution in [0.3, 0.4) is 0 Å². The van der Waals surface area contributed by atoms with Gasteiger partial charge < -0.3 is 20.2 Å². The van der Waals surface area contributed by atoms with Crippen LogP contribution in [0, 0.1) is 0 Å². The first kappa shape index (κ1) is 14.7. The molecule has 0 spiro atoms. The molecule has 0 amide bonds. The third-order valence-corrected chi connectivity index (χ3v) is 3.38. The minimum absolute atomic E-state index is 0.0312. The van der Waals surface area contributed by atoms with E-state index in [2.05, 4.69) is 0 Å². The Morgan fingerprint density at radius 1 is 1.30 bits per heavy atom. The van der Waals surface area contributed by atoms with Gasteiger partial charge in [0.25, 0.3) is 0 Å². The fraction of sp³-hybridized carbons (Fsp3) is 0.400. The molecule has 1 heterocycles. The first-order chi connectivity index (χ1) is 9.53. The van der Waals surface area contributed by atoms with Crippen molar-refractivity contribution in [2.24, 2.45) is 0 Å². The van der Waals surface area contributed by atoms with Crippen LogP contribution in [0.2, 0.25) is 0 Å². The predicted octanol–water partition coefficient (Wildman–Crippen LogP) is 0.0594. The Balaban J connectivity index is 2.19. The summed E-state index contributed by atoms with van der Waals surface area (Å²) in [5, 5.41) is 29.2. The Morgan fingerprint density at radius 2 is 2.00 bits per heavy atom. The molecule has 20 heavy (non-hydrogen) atoms. The van der Waals surface area contributed by atoms with E-state index in [0.29, 0.717) is 0 Å². The van der Waals surface area contributed by atoms with Crippen LogP contribution in [-0.4, -0.2) is 51.0 Å². The second kappa shape index (κ2) is 6.17. The fourth-order valence-corrected chi connectivity index (χ4v) is 2.35. The van der Waals surface area contributed by atoms with Gasteiger partial charge in [0, 0.05) is 19.2 Å². The summed E-state index contributed by atoms with van der Waals surface area (Å²) in [5.41, 5.74) is -0.467. The Bertz CT molecular complexity index is 488. The van der Waals surface area contributed by atoms with Crippen molar-refractivity contribution in [2.45, 2.75) is 24.7 Å². The standard InChI is InChI=1S/C15H19NO4/c17-11-14(19)10-16-7-6-13(18)9-15(16,20)8-12-4-2-1-3-5-12/h1-7,14,17,19-20H,8-11H2. The first-order valence-electron chi connectivity index (χ1n) is 6.56. The molecule has 1 aromatic rings. The van der Waals surface area contributed by atoms with Crippen LogP contribution in [0.5, 0.6) is 0 Å². The quantitative estimate of drug-likeness (QED) is 0.709. The number of aliphatic hydroxyl groups is 3. The maximum absolute atomic E-state index is 11.6. The fourth-order valence-electron chi connectivity index (χ4n) is 2.35. The number of β-amino-alcohol motifs (C(OH)–C–C–N with tert-alkyl or cyclic N) is 1. The summed E-state index contributed by atoms with van der Waals surface area (Å²) in [6.07, 6.45) is 2.14. The summed E-state index contributed by atoms with van der Waals surface area (Å²) in [4.78, 5) is 13.1. The number of benzene rings is 1. The van der Waals surface area contributed by atoms with Crippen molar-refractivity contribution in [1.29, 1.82) is 0 Å². The zero-order valence-electron chi connectivity index (χ0n) is 11.1. The van der Waals surface area contributed by atoms with Gasteiger partial charge in [-0.3, -0.25) is 4.79 Å². The average Bonchev–Trinajstić information content (AvgIpc) is 2.42. The molecule has 0 saturated carbocycles. The number of allylic oxidation sites excluding steroid dienone is 1. The van der Waals surface area contributed by atoms with Crippen LogP contribution in [0.15, 0.2) is 42.6 Å². The average molecular weight is 277 g/mol. The van der Waals surface area contributed by atoms with E-state index in [-0.39, 0.29) is 31.8 Å². The maximum atomic E-state index is 11.6. The summed E-state index contributed by atoms with van der Waals surface area (Å²) in [7, 11) is 0. The largest absolute Gasteiger partial charge is 0.394 e. The van der Waals surface area contributed by atoms with Gasteiger partial charge in [-0.25, -0.2) is 0 Å². The van der Waals surface area contributed by atoms with Crippen LogP contribution in [0.4, 0.5) is 0 Å². The van der Waals surface area contributed by atoms with Crippen molar-refractivity contribution in [3.8, 4) is 0 Å². The third-order valence-electron chi connectivity index (χ3n) is 3.38. The molecule has 0 aliphatic carbocycles. The molecule has 5 heteroatoms. The number of ketones is 1. The van der Waals surface area contributed by atoms with Gasteiger partial charge in [0.2, 0.25) is 0 Å². The number of carbonyl (C=O) groups excluding carboxylic acids is 1. The van der Waals surface area contributed by atoms with E-state index in [1.807, 2.05) is 30.3 Å². The van der Waals surface area contributed by atoms with Crippen LogP contribution in [-0.2, 0) is 11.2 Å². The molecule has 108 valence electrons. The number of hydrogen-bond donors (Lipinski definition) is 3. The monoisotopic (exact) mass is 277 g/mol. The number of hydrogen-bond acceptors (Lipinski definition) is 5. The molecule has 0 saturated heterocycles. The van der Waals surface area contributed by atoms with Crippen molar-refractivity contribution < 1.29 is 20.1 Å². The summed E-state index contributed by atoms with van der Waals surface area (Å²) in [6, 6.07) is 9.37. The van der Waals surface area contributed by atoms with E-state index < -0.39 is 11.8 Å². The highest BCUT2D eigenvalue weighted by atomic mass is 16.3. The molecule has 0 bridgehead atoms. The maximum Gasteiger partial charge on any atom is 0.161 e. The summed E-state index contributed by atoms with van der Waals surface area (Å²) in [5.74, 6) is -0.154. The van der Waals surface area contributed by atoms with Gasteiger partial charge in [0.05, 0.1) is 19.1 Å². The van der Waals surface area contributed by atoms with E-state index in [9.17, 15) is 15.0 Å². The molecule has 1 aromatic carbocycles. The van der Waals surface area contributed by atoms with Gasteiger partial charge in [-0.05, 0) is 11.6 Å². The lowest BCUT2D eigenvalue weighted by Crippen LogP contribution is -2.53. The van der Waals surface area contributed by atoms with Crippen molar-refractivity contribution in [3.63, 3.8) is 0 Å². The molecule has 2 unspecified atom stereocenters. The molecule has 1 aliphatic rings. The number of carbonyl (C=O) groups is 1. The summed E-state index contributed by atoms with van der Waals surface area (Å²) < 4.78 is 0. The smallest absolute Gasteiger partial charge is 0.161 e. The molecule has 3 N–H and O–H groups in total. The van der Waals surface area contributed by atoms with Crippen LogP contribution < -0.4 is 0 Å². The van der Waals surface area contributed by atoms with Crippen LogP contribution >= 0.6 is 0 Å². The molecular formula is C15H19NO4. The number of rotatable bonds is 5. The predicted molar refractivity (Wildman–Crippen MR) is 73.7 cm³/mol. The zero-order valence-corrected chi connectivity index (χ0v) is 11.1. The highest BCUT2D eigenvalue weighted by molar-refractivity contribution is 5.91. The number of aliphatic hydroxyl groups excluding tert-OH is 2. The lowest BCUT2D eigenvalue weighted by molar-refractivity contribution is -0.138. The highest BCUT2D eigenvalue weighted by Gasteiger charge is 2.38. The zero-order chi connectivity index (χ0) is 14.6. The van der Waals surface area contributed by atoms with Gasteiger partial charge in [0.1, 0.15) is 5.72 Å². The Morgan fingerprint density at radius 3 is 2.65 bits per heavy atom. The summed E-state index contributed by atoms with van der Waals surface area (Å²) in [6.45, 7) is -0.316. The first-order valence-corrected chi connectivity index (χ1v) is 6.56. The van der Waals surface area contributed by atoms with Crippen LogP contribution in [0.1, 0.15) is 12.0 Å². The normalized spacial score (nSPS) is 23.9. The van der Waals surface area contributed by atoms with Gasteiger partial charge in [0.15, 0.2) is 5.78 Å². The van der Waals surface area contributed by atoms with Crippen molar-refractivity contribution in [1.82, 2.24) is 4.90 Å². The lowest BCUT2D eigenvalue weighted by atomic mass is 9.93. The topological polar surface area (TPSA) is 81.0 Å². The van der Waals surface area contributed by atoms with E-state index in [1.54, 1.807) is 0 Å². The lowest BCUT2D eigenvalue weighted by Gasteiger charge is -2.41. The van der Waals surface area contributed by atoms with E-state index >= 15 is 0 Å². The molecule has 2 atom stereocenters. The van der Waals surface area contributed by atoms with E-state index in [0.717, 1.165) is 5.56 Å². The molecule has 5 nitrogen and oxygen atoms in total. The minimum Gasteiger partial charge on any atom is -0.394 e.